The quantitative estimate of drug-likeness (QED) is 0.361. The van der Waals surface area contributed by atoms with Gasteiger partial charge in [-0.25, -0.2) is 4.79 Å². The van der Waals surface area contributed by atoms with Gasteiger partial charge in [0.05, 0.1) is 6.10 Å². The molecule has 0 saturated carbocycles. The van der Waals surface area contributed by atoms with Crippen LogP contribution in [-0.4, -0.2) is 70.4 Å². The van der Waals surface area contributed by atoms with E-state index < -0.39 is 42.7 Å². The van der Waals surface area contributed by atoms with Crippen molar-refractivity contribution < 1.29 is 14.9 Å². The van der Waals surface area contributed by atoms with E-state index in [9.17, 15) is 19.8 Å². The molecule has 0 radical (unpaired) electrons. The molecule has 148 valence electrons. The van der Waals surface area contributed by atoms with Crippen molar-refractivity contribution in [1.82, 2.24) is 14.9 Å². The standard InChI is InChI=1S/C17H30N3O5P/c1-5-7-18-9-11-10-20(17(24)19-15(11)23)16-14(22)13(21)12(25-16)6-8-26(2,3)4/h10,12-14,16,18,21-22H,2,5-9H2,1,3-4H3,(H,19,23,24)/t12-,13-,14?,16-/m1/s1. The molecule has 0 spiro atoms. The number of nitrogens with zero attached hydrogens (tertiary/aromatic N) is 1. The average Bonchev–Trinajstić information content (AvgIpc) is 2.83. The molecule has 4 N–H and O–H groups in total. The fraction of sp³-hybridized carbons (Fsp3) is 0.706. The van der Waals surface area contributed by atoms with Crippen molar-refractivity contribution in [1.29, 1.82) is 0 Å². The summed E-state index contributed by atoms with van der Waals surface area (Å²) in [6, 6.07) is 0. The smallest absolute Gasteiger partial charge is 0.330 e. The Morgan fingerprint density at radius 3 is 2.65 bits per heavy atom. The highest BCUT2D eigenvalue weighted by molar-refractivity contribution is 7.72. The second-order valence-corrected chi connectivity index (χ2v) is 11.8. The molecule has 26 heavy (non-hydrogen) atoms. The third-order valence-electron chi connectivity index (χ3n) is 4.41. The lowest BCUT2D eigenvalue weighted by Crippen LogP contribution is -2.39. The molecule has 1 aliphatic rings. The Morgan fingerprint density at radius 2 is 2.04 bits per heavy atom. The monoisotopic (exact) mass is 387 g/mol. The topological polar surface area (TPSA) is 117 Å². The highest BCUT2D eigenvalue weighted by Crippen LogP contribution is 2.39. The van der Waals surface area contributed by atoms with Crippen molar-refractivity contribution in [2.24, 2.45) is 0 Å². The van der Waals surface area contributed by atoms with E-state index in [0.29, 0.717) is 18.5 Å². The summed E-state index contributed by atoms with van der Waals surface area (Å²) >= 11 is 0. The summed E-state index contributed by atoms with van der Waals surface area (Å²) < 4.78 is 6.93. The molecule has 1 aromatic heterocycles. The molecule has 2 rings (SSSR count). The van der Waals surface area contributed by atoms with Gasteiger partial charge in [-0.3, -0.25) is 14.3 Å². The van der Waals surface area contributed by atoms with E-state index in [-0.39, 0.29) is 0 Å². The minimum atomic E-state index is -1.29. The number of rotatable bonds is 8. The first kappa shape index (κ1) is 21.1. The number of hydrogen-bond donors (Lipinski definition) is 4. The first-order chi connectivity index (χ1) is 12.1. The summed E-state index contributed by atoms with van der Waals surface area (Å²) in [5, 5.41) is 23.8. The number of aromatic amines is 1. The number of nitrogens with one attached hydrogen (secondary N) is 2. The molecular weight excluding hydrogens is 357 g/mol. The average molecular weight is 387 g/mol. The number of H-pyrrole nitrogens is 1. The molecule has 1 unspecified atom stereocenters. The Kier molecular flexibility index (Phi) is 7.05. The lowest BCUT2D eigenvalue weighted by molar-refractivity contribution is -0.0404. The Morgan fingerprint density at radius 1 is 1.35 bits per heavy atom. The number of aliphatic hydroxyl groups is 2. The number of hydrogen-bond acceptors (Lipinski definition) is 6. The van der Waals surface area contributed by atoms with Crippen LogP contribution in [0.5, 0.6) is 0 Å². The van der Waals surface area contributed by atoms with Gasteiger partial charge in [0, 0.05) is 18.3 Å². The SMILES string of the molecule is C=P(C)(C)CC[C@H]1O[C@@H](n2cc(CNCCC)c(=O)[nH]c2=O)C(O)[C@@H]1O. The minimum Gasteiger partial charge on any atom is -0.388 e. The number of aliphatic hydroxyl groups excluding tert-OH is 2. The number of ether oxygens (including phenoxy) is 1. The van der Waals surface area contributed by atoms with Crippen LogP contribution in [0.4, 0.5) is 0 Å². The first-order valence-corrected chi connectivity index (χ1v) is 11.9. The lowest BCUT2D eigenvalue weighted by Gasteiger charge is -2.19. The van der Waals surface area contributed by atoms with Gasteiger partial charge >= 0.3 is 5.69 Å². The Balaban J connectivity index is 2.21. The van der Waals surface area contributed by atoms with Crippen molar-refractivity contribution in [3.8, 4) is 0 Å². The van der Waals surface area contributed by atoms with Crippen LogP contribution >= 0.6 is 6.89 Å². The highest BCUT2D eigenvalue weighted by atomic mass is 31.2. The molecule has 9 heteroatoms. The summed E-state index contributed by atoms with van der Waals surface area (Å²) in [4.78, 5) is 26.4. The van der Waals surface area contributed by atoms with Crippen molar-refractivity contribution in [3.63, 3.8) is 0 Å². The van der Waals surface area contributed by atoms with Gasteiger partial charge in [-0.1, -0.05) is 6.92 Å². The molecule has 0 amide bonds. The second kappa shape index (κ2) is 8.67. The lowest BCUT2D eigenvalue weighted by atomic mass is 10.1. The third-order valence-corrected chi connectivity index (χ3v) is 5.88. The maximum Gasteiger partial charge on any atom is 0.330 e. The van der Waals surface area contributed by atoms with Crippen molar-refractivity contribution in [2.75, 3.05) is 26.0 Å². The first-order valence-electron chi connectivity index (χ1n) is 8.88. The van der Waals surface area contributed by atoms with Gasteiger partial charge in [-0.05, 0) is 38.9 Å². The van der Waals surface area contributed by atoms with Crippen LogP contribution in [-0.2, 0) is 11.3 Å². The molecule has 0 aromatic carbocycles. The fourth-order valence-corrected chi connectivity index (χ4v) is 3.87. The van der Waals surface area contributed by atoms with Crippen LogP contribution < -0.4 is 16.6 Å². The summed E-state index contributed by atoms with van der Waals surface area (Å²) in [7, 11) is 0. The van der Waals surface area contributed by atoms with E-state index in [2.05, 4.69) is 29.9 Å². The number of aromatic nitrogens is 2. The van der Waals surface area contributed by atoms with Gasteiger partial charge in [-0.15, -0.1) is 13.2 Å². The molecule has 1 fully saturated rings. The summed E-state index contributed by atoms with van der Waals surface area (Å²) in [6.07, 6.45) is 3.87. The second-order valence-electron chi connectivity index (χ2n) is 7.49. The molecule has 0 bridgehead atoms. The molecule has 0 aliphatic carbocycles. The predicted molar refractivity (Wildman–Crippen MR) is 105 cm³/mol. The molecular formula is C17H30N3O5P. The zero-order chi connectivity index (χ0) is 19.5. The summed E-state index contributed by atoms with van der Waals surface area (Å²) in [5.41, 5.74) is -0.768. The maximum atomic E-state index is 12.2. The highest BCUT2D eigenvalue weighted by Gasteiger charge is 2.43. The summed E-state index contributed by atoms with van der Waals surface area (Å²) in [6.45, 7) is 5.94. The van der Waals surface area contributed by atoms with E-state index in [1.165, 1.54) is 6.20 Å². The van der Waals surface area contributed by atoms with Crippen molar-refractivity contribution in [2.45, 2.75) is 50.8 Å². The van der Waals surface area contributed by atoms with Gasteiger partial charge in [-0.2, -0.15) is 0 Å². The molecule has 8 nitrogen and oxygen atoms in total. The molecule has 1 aliphatic heterocycles. The van der Waals surface area contributed by atoms with E-state index in [4.69, 9.17) is 4.74 Å². The molecule has 4 atom stereocenters. The normalized spacial score (nSPS) is 26.3. The van der Waals surface area contributed by atoms with Gasteiger partial charge in [0.1, 0.15) is 12.2 Å². The zero-order valence-electron chi connectivity index (χ0n) is 15.6. The Labute approximate surface area is 153 Å². The van der Waals surface area contributed by atoms with E-state index in [1.807, 2.05) is 6.92 Å². The van der Waals surface area contributed by atoms with Gasteiger partial charge in [0.15, 0.2) is 6.23 Å². The predicted octanol–water partition coefficient (Wildman–Crippen LogP) is -0.245. The van der Waals surface area contributed by atoms with Gasteiger partial charge < -0.3 is 20.3 Å². The van der Waals surface area contributed by atoms with Crippen molar-refractivity contribution in [3.05, 3.63) is 32.6 Å². The summed E-state index contributed by atoms with van der Waals surface area (Å²) in [5.74, 6) is 0. The van der Waals surface area contributed by atoms with E-state index in [1.54, 1.807) is 0 Å². The Hall–Kier alpha value is -1.18. The molecule has 1 saturated heterocycles. The molecule has 2 heterocycles. The van der Waals surface area contributed by atoms with Crippen molar-refractivity contribution >= 4 is 13.2 Å². The van der Waals surface area contributed by atoms with Crippen LogP contribution in [0.3, 0.4) is 0 Å². The van der Waals surface area contributed by atoms with Crippen LogP contribution in [0.1, 0.15) is 31.6 Å². The van der Waals surface area contributed by atoms with Crippen LogP contribution in [0.25, 0.3) is 0 Å². The molecule has 1 aromatic rings. The zero-order valence-corrected chi connectivity index (χ0v) is 16.5. The Bertz CT molecular complexity index is 768. The minimum absolute atomic E-state index is 0.304. The fourth-order valence-electron chi connectivity index (χ4n) is 2.92. The van der Waals surface area contributed by atoms with E-state index >= 15 is 0 Å². The largest absolute Gasteiger partial charge is 0.388 e. The van der Waals surface area contributed by atoms with E-state index in [0.717, 1.165) is 23.7 Å². The van der Waals surface area contributed by atoms with Gasteiger partial charge in [0.25, 0.3) is 5.56 Å². The van der Waals surface area contributed by atoms with Crippen LogP contribution in [0.15, 0.2) is 15.8 Å². The third kappa shape index (κ3) is 5.18. The van der Waals surface area contributed by atoms with Gasteiger partial charge in [0.2, 0.25) is 0 Å². The van der Waals surface area contributed by atoms with Crippen LogP contribution in [0, 0.1) is 0 Å². The maximum absolute atomic E-state index is 12.2. The van der Waals surface area contributed by atoms with Crippen LogP contribution in [0.2, 0.25) is 0 Å².